The standard InChI is InChI=1S/C21H25N3O5/c1-14(19(25)23-21(2,3)4)29-20(26)16-10-11-17(18(12-16)24(27)28)22-13-15-8-6-5-7-9-15/h5-12,14,22H,13H2,1-4H3,(H,23,25)/t14-/m0/s1. The van der Waals surface area contributed by atoms with Gasteiger partial charge in [0.25, 0.3) is 11.6 Å². The average molecular weight is 399 g/mol. The zero-order valence-corrected chi connectivity index (χ0v) is 16.9. The van der Waals surface area contributed by atoms with Crippen LogP contribution in [0.3, 0.4) is 0 Å². The predicted molar refractivity (Wildman–Crippen MR) is 110 cm³/mol. The van der Waals surface area contributed by atoms with Gasteiger partial charge in [-0.2, -0.15) is 0 Å². The highest BCUT2D eigenvalue weighted by Gasteiger charge is 2.24. The second-order valence-corrected chi connectivity index (χ2v) is 7.61. The van der Waals surface area contributed by atoms with Crippen molar-refractivity contribution in [3.8, 4) is 0 Å². The fourth-order valence-corrected chi connectivity index (χ4v) is 2.51. The first-order valence-corrected chi connectivity index (χ1v) is 9.16. The number of nitro benzene ring substituents is 1. The number of carbonyl (C=O) groups excluding carboxylic acids is 2. The van der Waals surface area contributed by atoms with Gasteiger partial charge in [0.2, 0.25) is 0 Å². The monoisotopic (exact) mass is 399 g/mol. The molecule has 0 saturated carbocycles. The van der Waals surface area contributed by atoms with Crippen LogP contribution in [0.2, 0.25) is 0 Å². The van der Waals surface area contributed by atoms with Crippen molar-refractivity contribution in [1.29, 1.82) is 0 Å². The third-order valence-corrected chi connectivity index (χ3v) is 3.91. The van der Waals surface area contributed by atoms with Gasteiger partial charge in [-0.3, -0.25) is 14.9 Å². The smallest absolute Gasteiger partial charge is 0.339 e. The summed E-state index contributed by atoms with van der Waals surface area (Å²) in [4.78, 5) is 35.3. The normalized spacial score (nSPS) is 12.0. The van der Waals surface area contributed by atoms with Gasteiger partial charge in [-0.25, -0.2) is 4.79 Å². The first kappa shape index (κ1) is 21.9. The van der Waals surface area contributed by atoms with E-state index in [1.807, 2.05) is 51.1 Å². The summed E-state index contributed by atoms with van der Waals surface area (Å²) in [5.74, 6) is -1.25. The molecule has 0 spiro atoms. The molecule has 0 aromatic heterocycles. The highest BCUT2D eigenvalue weighted by atomic mass is 16.6. The maximum Gasteiger partial charge on any atom is 0.339 e. The number of rotatable bonds is 7. The Kier molecular flexibility index (Phi) is 6.93. The zero-order chi connectivity index (χ0) is 21.6. The van der Waals surface area contributed by atoms with Gasteiger partial charge in [0.05, 0.1) is 10.5 Å². The molecule has 0 aliphatic carbocycles. The lowest BCUT2D eigenvalue weighted by molar-refractivity contribution is -0.384. The van der Waals surface area contributed by atoms with Gasteiger partial charge >= 0.3 is 5.97 Å². The van der Waals surface area contributed by atoms with E-state index in [1.165, 1.54) is 19.1 Å². The van der Waals surface area contributed by atoms with Crippen molar-refractivity contribution in [2.75, 3.05) is 5.32 Å². The summed E-state index contributed by atoms with van der Waals surface area (Å²) < 4.78 is 5.15. The Morgan fingerprint density at radius 1 is 1.14 bits per heavy atom. The summed E-state index contributed by atoms with van der Waals surface area (Å²) in [6.45, 7) is 7.27. The number of anilines is 1. The Hall–Kier alpha value is -3.42. The number of esters is 1. The molecule has 0 aliphatic heterocycles. The first-order chi connectivity index (χ1) is 13.6. The summed E-state index contributed by atoms with van der Waals surface area (Å²) in [5, 5.41) is 17.2. The first-order valence-electron chi connectivity index (χ1n) is 9.16. The van der Waals surface area contributed by atoms with Crippen LogP contribution in [-0.4, -0.2) is 28.4 Å². The average Bonchev–Trinajstić information content (AvgIpc) is 2.65. The number of hydrogen-bond acceptors (Lipinski definition) is 6. The van der Waals surface area contributed by atoms with Gasteiger partial charge in [0.15, 0.2) is 6.10 Å². The Labute approximate surface area is 169 Å². The highest BCUT2D eigenvalue weighted by molar-refractivity contribution is 5.93. The molecule has 0 bridgehead atoms. The number of ether oxygens (including phenoxy) is 1. The predicted octanol–water partition coefficient (Wildman–Crippen LogP) is 3.67. The third kappa shape index (κ3) is 6.60. The van der Waals surface area contributed by atoms with Gasteiger partial charge in [-0.1, -0.05) is 30.3 Å². The summed E-state index contributed by atoms with van der Waals surface area (Å²) in [6, 6.07) is 13.5. The van der Waals surface area contributed by atoms with E-state index in [9.17, 15) is 19.7 Å². The van der Waals surface area contributed by atoms with Gasteiger partial charge in [-0.05, 0) is 45.4 Å². The van der Waals surface area contributed by atoms with Gasteiger partial charge in [-0.15, -0.1) is 0 Å². The second-order valence-electron chi connectivity index (χ2n) is 7.61. The minimum atomic E-state index is -1.03. The lowest BCUT2D eigenvalue weighted by Gasteiger charge is -2.23. The summed E-state index contributed by atoms with van der Waals surface area (Å²) in [5.41, 5.74) is 0.528. The molecule has 2 aromatic rings. The SMILES string of the molecule is C[C@H](OC(=O)c1ccc(NCc2ccccc2)c([N+](=O)[O-])c1)C(=O)NC(C)(C)C. The molecule has 8 heteroatoms. The van der Waals surface area contributed by atoms with Gasteiger partial charge in [0, 0.05) is 18.2 Å². The molecule has 0 aliphatic rings. The van der Waals surface area contributed by atoms with Crippen molar-refractivity contribution >= 4 is 23.3 Å². The van der Waals surface area contributed by atoms with Crippen molar-refractivity contribution < 1.29 is 19.2 Å². The minimum Gasteiger partial charge on any atom is -0.449 e. The molecule has 154 valence electrons. The van der Waals surface area contributed by atoms with E-state index in [2.05, 4.69) is 10.6 Å². The number of nitrogens with zero attached hydrogens (tertiary/aromatic N) is 1. The third-order valence-electron chi connectivity index (χ3n) is 3.91. The summed E-state index contributed by atoms with van der Waals surface area (Å²) in [6.07, 6.45) is -1.03. The summed E-state index contributed by atoms with van der Waals surface area (Å²) in [7, 11) is 0. The maximum absolute atomic E-state index is 12.3. The zero-order valence-electron chi connectivity index (χ0n) is 16.9. The highest BCUT2D eigenvalue weighted by Crippen LogP contribution is 2.26. The van der Waals surface area contributed by atoms with E-state index >= 15 is 0 Å². The van der Waals surface area contributed by atoms with Crippen LogP contribution in [-0.2, 0) is 16.1 Å². The Bertz CT molecular complexity index is 891. The molecular weight excluding hydrogens is 374 g/mol. The molecule has 0 radical (unpaired) electrons. The van der Waals surface area contributed by atoms with Crippen LogP contribution in [0.25, 0.3) is 0 Å². The van der Waals surface area contributed by atoms with Crippen LogP contribution in [0.1, 0.15) is 43.6 Å². The molecule has 2 N–H and O–H groups in total. The number of nitro groups is 1. The van der Waals surface area contributed by atoms with E-state index in [1.54, 1.807) is 0 Å². The van der Waals surface area contributed by atoms with Crippen LogP contribution in [0.15, 0.2) is 48.5 Å². The van der Waals surface area contributed by atoms with Crippen molar-refractivity contribution in [2.24, 2.45) is 0 Å². The fourth-order valence-electron chi connectivity index (χ4n) is 2.51. The lowest BCUT2D eigenvalue weighted by Crippen LogP contribution is -2.46. The topological polar surface area (TPSA) is 111 Å². The molecular formula is C21H25N3O5. The van der Waals surface area contributed by atoms with E-state index < -0.39 is 28.4 Å². The van der Waals surface area contributed by atoms with E-state index in [0.29, 0.717) is 6.54 Å². The van der Waals surface area contributed by atoms with Crippen molar-refractivity contribution in [1.82, 2.24) is 5.32 Å². The Morgan fingerprint density at radius 2 is 1.79 bits per heavy atom. The molecule has 0 unspecified atom stereocenters. The molecule has 0 fully saturated rings. The number of carbonyl (C=O) groups is 2. The number of hydrogen-bond donors (Lipinski definition) is 2. The maximum atomic E-state index is 12.3. The lowest BCUT2D eigenvalue weighted by atomic mass is 10.1. The van der Waals surface area contributed by atoms with Crippen LogP contribution in [0, 0.1) is 10.1 Å². The number of nitrogens with one attached hydrogen (secondary N) is 2. The Balaban J connectivity index is 2.11. The quantitative estimate of drug-likeness (QED) is 0.418. The van der Waals surface area contributed by atoms with Crippen molar-refractivity contribution in [2.45, 2.75) is 45.9 Å². The number of benzene rings is 2. The van der Waals surface area contributed by atoms with Gasteiger partial charge < -0.3 is 15.4 Å². The van der Waals surface area contributed by atoms with Crippen LogP contribution >= 0.6 is 0 Å². The summed E-state index contributed by atoms with van der Waals surface area (Å²) >= 11 is 0. The Morgan fingerprint density at radius 3 is 2.38 bits per heavy atom. The second kappa shape index (κ2) is 9.18. The van der Waals surface area contributed by atoms with E-state index in [4.69, 9.17) is 4.74 Å². The van der Waals surface area contributed by atoms with Gasteiger partial charge in [0.1, 0.15) is 5.69 Å². The molecule has 1 amide bonds. The van der Waals surface area contributed by atoms with Crippen LogP contribution in [0.4, 0.5) is 11.4 Å². The van der Waals surface area contributed by atoms with E-state index in [0.717, 1.165) is 11.6 Å². The van der Waals surface area contributed by atoms with Crippen molar-refractivity contribution in [3.63, 3.8) is 0 Å². The molecule has 0 heterocycles. The molecule has 29 heavy (non-hydrogen) atoms. The van der Waals surface area contributed by atoms with Crippen molar-refractivity contribution in [3.05, 3.63) is 69.8 Å². The molecule has 2 rings (SSSR count). The van der Waals surface area contributed by atoms with Crippen LogP contribution in [0.5, 0.6) is 0 Å². The fraction of sp³-hybridized carbons (Fsp3) is 0.333. The molecule has 1 atom stereocenters. The largest absolute Gasteiger partial charge is 0.449 e. The molecule has 0 saturated heterocycles. The van der Waals surface area contributed by atoms with E-state index in [-0.39, 0.29) is 16.9 Å². The molecule has 2 aromatic carbocycles. The van der Waals surface area contributed by atoms with Crippen LogP contribution < -0.4 is 10.6 Å². The minimum absolute atomic E-state index is 0.00244. The number of amides is 1. The molecule has 8 nitrogen and oxygen atoms in total.